The Balaban J connectivity index is 1.04. The molecule has 3 aromatic heterocycles. The van der Waals surface area contributed by atoms with E-state index in [1.54, 1.807) is 0 Å². The molecular weight excluding hydrogens is 781 g/mol. The van der Waals surface area contributed by atoms with E-state index in [4.69, 9.17) is 15.0 Å². The maximum absolute atomic E-state index is 15.2. The van der Waals surface area contributed by atoms with Gasteiger partial charge in [-0.3, -0.25) is 9.20 Å². The van der Waals surface area contributed by atoms with E-state index in [0.717, 1.165) is 71.5 Å². The first-order valence-corrected chi connectivity index (χ1v) is 21.7. The quantitative estimate of drug-likeness (QED) is 0.166. The van der Waals surface area contributed by atoms with Crippen LogP contribution in [-0.2, 0) is 5.41 Å². The van der Waals surface area contributed by atoms with Crippen LogP contribution in [0, 0.1) is 0 Å². The van der Waals surface area contributed by atoms with Gasteiger partial charge in [0.2, 0.25) is 0 Å². The number of benzene rings is 9. The highest BCUT2D eigenvalue weighted by Gasteiger charge is 2.52. The van der Waals surface area contributed by atoms with Crippen LogP contribution in [0.4, 0.5) is 0 Å². The van der Waals surface area contributed by atoms with E-state index in [2.05, 4.69) is 127 Å². The van der Waals surface area contributed by atoms with Crippen molar-refractivity contribution < 1.29 is 0 Å². The first-order valence-electron chi connectivity index (χ1n) is 21.7. The van der Waals surface area contributed by atoms with Crippen molar-refractivity contribution in [1.29, 1.82) is 0 Å². The average molecular weight is 815 g/mol. The summed E-state index contributed by atoms with van der Waals surface area (Å²) in [5.74, 6) is 1.84. The molecule has 0 aliphatic heterocycles. The normalized spacial score (nSPS) is 13.2. The van der Waals surface area contributed by atoms with Crippen LogP contribution in [0.25, 0.3) is 106 Å². The Hall–Kier alpha value is -8.54. The molecule has 0 unspecified atom stereocenters. The van der Waals surface area contributed by atoms with E-state index in [0.29, 0.717) is 22.9 Å². The summed E-state index contributed by atoms with van der Waals surface area (Å²) in [6.45, 7) is 0. The van der Waals surface area contributed by atoms with Gasteiger partial charge in [0, 0.05) is 43.8 Å². The molecule has 296 valence electrons. The van der Waals surface area contributed by atoms with E-state index in [-0.39, 0.29) is 5.56 Å². The van der Waals surface area contributed by atoms with Crippen LogP contribution in [0.5, 0.6) is 0 Å². The van der Waals surface area contributed by atoms with E-state index >= 15 is 4.79 Å². The fourth-order valence-corrected chi connectivity index (χ4v) is 11.2. The van der Waals surface area contributed by atoms with Crippen molar-refractivity contribution in [3.05, 3.63) is 239 Å². The van der Waals surface area contributed by atoms with Gasteiger partial charge in [0.25, 0.3) is 5.56 Å². The van der Waals surface area contributed by atoms with Crippen molar-refractivity contribution in [3.8, 4) is 67.5 Å². The Morgan fingerprint density at radius 3 is 1.45 bits per heavy atom. The third-order valence-corrected chi connectivity index (χ3v) is 13.8. The Kier molecular flexibility index (Phi) is 7.12. The minimum Gasteiger partial charge on any atom is -0.274 e. The molecule has 2 aliphatic carbocycles. The van der Waals surface area contributed by atoms with E-state index < -0.39 is 5.41 Å². The summed E-state index contributed by atoms with van der Waals surface area (Å²) < 4.78 is 2.03. The Morgan fingerprint density at radius 2 is 0.812 bits per heavy atom. The van der Waals surface area contributed by atoms with Crippen LogP contribution in [0.15, 0.2) is 211 Å². The summed E-state index contributed by atoms with van der Waals surface area (Å²) in [5.41, 5.74) is 16.0. The molecule has 0 atom stereocenters. The number of fused-ring (bicyclic) bond motifs is 16. The fourth-order valence-electron chi connectivity index (χ4n) is 11.2. The molecule has 9 aromatic carbocycles. The third kappa shape index (κ3) is 4.62. The second-order valence-corrected chi connectivity index (χ2v) is 17.0. The van der Waals surface area contributed by atoms with Gasteiger partial charge in [0.1, 0.15) is 0 Å². The Bertz CT molecular complexity index is 3880. The maximum atomic E-state index is 15.2. The zero-order valence-corrected chi connectivity index (χ0v) is 34.3. The van der Waals surface area contributed by atoms with Crippen LogP contribution in [0.2, 0.25) is 0 Å². The Labute approximate surface area is 367 Å². The van der Waals surface area contributed by atoms with Crippen molar-refractivity contribution in [2.75, 3.05) is 0 Å². The topological polar surface area (TPSA) is 60.2 Å². The lowest BCUT2D eigenvalue weighted by molar-refractivity contribution is 0.794. The lowest BCUT2D eigenvalue weighted by Gasteiger charge is -2.30. The second kappa shape index (κ2) is 13.0. The third-order valence-electron chi connectivity index (χ3n) is 13.8. The van der Waals surface area contributed by atoms with Crippen LogP contribution in [0.1, 0.15) is 22.3 Å². The molecule has 14 rings (SSSR count). The lowest BCUT2D eigenvalue weighted by atomic mass is 9.70. The smallest absolute Gasteiger partial charge is 0.263 e. The van der Waals surface area contributed by atoms with Gasteiger partial charge in [-0.25, -0.2) is 15.0 Å². The molecule has 0 saturated heterocycles. The molecule has 5 nitrogen and oxygen atoms in total. The van der Waals surface area contributed by atoms with Crippen molar-refractivity contribution in [3.63, 3.8) is 0 Å². The summed E-state index contributed by atoms with van der Waals surface area (Å²) in [7, 11) is 0. The molecule has 0 fully saturated rings. The Morgan fingerprint density at radius 1 is 0.328 bits per heavy atom. The molecule has 0 radical (unpaired) electrons. The first kappa shape index (κ1) is 35.1. The predicted molar refractivity (Wildman–Crippen MR) is 259 cm³/mol. The first-order chi connectivity index (χ1) is 31.7. The van der Waals surface area contributed by atoms with Crippen molar-refractivity contribution in [2.24, 2.45) is 0 Å². The predicted octanol–water partition coefficient (Wildman–Crippen LogP) is 13.4. The molecule has 12 aromatic rings. The number of nitrogens with zero attached hydrogens (tertiary/aromatic N) is 4. The molecule has 0 saturated carbocycles. The lowest BCUT2D eigenvalue weighted by Crippen LogP contribution is -2.25. The highest BCUT2D eigenvalue weighted by atomic mass is 16.1. The minimum absolute atomic E-state index is 0.00447. The average Bonchev–Trinajstić information content (AvgIpc) is 3.98. The number of aromatic nitrogens is 4. The molecule has 0 N–H and O–H groups in total. The highest BCUT2D eigenvalue weighted by molar-refractivity contribution is 6.24. The van der Waals surface area contributed by atoms with Crippen molar-refractivity contribution in [1.82, 2.24) is 19.4 Å². The van der Waals surface area contributed by atoms with E-state index in [1.807, 2.05) is 83.3 Å². The molecular formula is C59H34N4O. The van der Waals surface area contributed by atoms with Crippen molar-refractivity contribution in [2.45, 2.75) is 5.41 Å². The van der Waals surface area contributed by atoms with Crippen LogP contribution in [-0.4, -0.2) is 19.4 Å². The van der Waals surface area contributed by atoms with Gasteiger partial charge < -0.3 is 0 Å². The summed E-state index contributed by atoms with van der Waals surface area (Å²) in [4.78, 5) is 30.2. The van der Waals surface area contributed by atoms with Crippen LogP contribution in [0.3, 0.4) is 0 Å². The fraction of sp³-hybridized carbons (Fsp3) is 0.0169. The monoisotopic (exact) mass is 814 g/mol. The summed E-state index contributed by atoms with van der Waals surface area (Å²) >= 11 is 0. The van der Waals surface area contributed by atoms with Gasteiger partial charge in [0.15, 0.2) is 17.5 Å². The summed E-state index contributed by atoms with van der Waals surface area (Å²) in [5, 5.41) is 4.77. The van der Waals surface area contributed by atoms with Gasteiger partial charge in [-0.2, -0.15) is 0 Å². The number of pyridine rings is 1. The number of hydrogen-bond donors (Lipinski definition) is 0. The SMILES string of the molecule is O=c1c2ccccc2c2cc(-c3cccc(-c4nc(-c5ccccc5)nc(-c5ccccc5)n4)c3)cc3c4ccc5c(c4n1c23)-c1ccccc1C51c2ccccc2-c2ccccc21. The summed E-state index contributed by atoms with van der Waals surface area (Å²) in [6, 6.07) is 72.4. The van der Waals surface area contributed by atoms with E-state index in [9.17, 15) is 0 Å². The van der Waals surface area contributed by atoms with Gasteiger partial charge in [0.05, 0.1) is 16.4 Å². The van der Waals surface area contributed by atoms with E-state index in [1.165, 1.54) is 33.4 Å². The van der Waals surface area contributed by atoms with Crippen molar-refractivity contribution >= 4 is 38.0 Å². The molecule has 0 bridgehead atoms. The van der Waals surface area contributed by atoms with Crippen LogP contribution >= 0.6 is 0 Å². The van der Waals surface area contributed by atoms with Gasteiger partial charge in [-0.15, -0.1) is 0 Å². The molecule has 2 aliphatic rings. The standard InChI is InChI=1S/C59H34N4O/c64-58-44-25-8-7-22-40(44)46-33-39(37-20-15-21-38(32-37)57-61-55(35-16-3-1-4-17-35)60-56(62-57)36-18-5-2-6-19-36)34-47-43-30-31-51-52(54(43)63(58)53(46)47)45-26-11-14-29-50(45)59(51)48-27-12-9-23-41(48)42-24-10-13-28-49(42)59/h1-34H. The maximum Gasteiger partial charge on any atom is 0.263 e. The van der Waals surface area contributed by atoms with Gasteiger partial charge in [-0.1, -0.05) is 182 Å². The minimum atomic E-state index is -0.524. The molecule has 64 heavy (non-hydrogen) atoms. The van der Waals surface area contributed by atoms with Gasteiger partial charge >= 0.3 is 0 Å². The molecule has 3 heterocycles. The summed E-state index contributed by atoms with van der Waals surface area (Å²) in [6.07, 6.45) is 0. The zero-order valence-electron chi connectivity index (χ0n) is 34.3. The van der Waals surface area contributed by atoms with Gasteiger partial charge in [-0.05, 0) is 79.7 Å². The molecule has 1 spiro atoms. The highest BCUT2D eigenvalue weighted by Crippen LogP contribution is 2.64. The zero-order chi connectivity index (χ0) is 42.1. The largest absolute Gasteiger partial charge is 0.274 e. The number of hydrogen-bond acceptors (Lipinski definition) is 4. The molecule has 5 heteroatoms. The number of rotatable bonds is 4. The second-order valence-electron chi connectivity index (χ2n) is 17.0. The van der Waals surface area contributed by atoms with Crippen LogP contribution < -0.4 is 5.56 Å². The molecule has 0 amide bonds.